The molecule has 1 N–H and O–H groups in total. The van der Waals surface area contributed by atoms with Gasteiger partial charge in [-0.1, -0.05) is 39.0 Å². The number of carbonyl (C=O) groups is 1. The summed E-state index contributed by atoms with van der Waals surface area (Å²) in [6.07, 6.45) is 2.06. The molecule has 0 amide bonds. The van der Waals surface area contributed by atoms with E-state index in [2.05, 4.69) is 25.0 Å². The van der Waals surface area contributed by atoms with E-state index in [1.165, 1.54) is 6.20 Å². The predicted molar refractivity (Wildman–Crippen MR) is 74.0 cm³/mol. The van der Waals surface area contributed by atoms with Crippen LogP contribution in [0.3, 0.4) is 0 Å². The first-order valence-corrected chi connectivity index (χ1v) is 6.45. The number of aromatic carboxylic acids is 1. The fourth-order valence-corrected chi connectivity index (χ4v) is 2.27. The second kappa shape index (κ2) is 5.26. The number of aromatic nitrogens is 2. The van der Waals surface area contributed by atoms with Gasteiger partial charge >= 0.3 is 5.97 Å². The molecule has 4 heteroatoms. The second-order valence-corrected chi connectivity index (χ2v) is 4.79. The Bertz CT molecular complexity index is 600. The van der Waals surface area contributed by atoms with Crippen LogP contribution in [-0.4, -0.2) is 20.9 Å². The summed E-state index contributed by atoms with van der Waals surface area (Å²) in [4.78, 5) is 11.2. The van der Waals surface area contributed by atoms with Crippen molar-refractivity contribution in [1.82, 2.24) is 9.78 Å². The molecule has 0 aliphatic carbocycles. The maximum atomic E-state index is 11.2. The number of hydrogen-bond donors (Lipinski definition) is 1. The van der Waals surface area contributed by atoms with E-state index in [1.807, 2.05) is 25.1 Å². The van der Waals surface area contributed by atoms with Crippen molar-refractivity contribution in [3.63, 3.8) is 0 Å². The Hall–Kier alpha value is -2.10. The molecular formula is C15H18N2O2. The zero-order chi connectivity index (χ0) is 14.0. The molecule has 1 aromatic carbocycles. The Morgan fingerprint density at radius 3 is 2.63 bits per heavy atom. The molecule has 1 aromatic heterocycles. The summed E-state index contributed by atoms with van der Waals surface area (Å²) in [5, 5.41) is 13.4. The molecule has 2 aromatic rings. The number of rotatable bonds is 4. The number of para-hydroxylation sites is 1. The van der Waals surface area contributed by atoms with Gasteiger partial charge < -0.3 is 5.11 Å². The van der Waals surface area contributed by atoms with Crippen molar-refractivity contribution in [3.05, 3.63) is 47.3 Å². The van der Waals surface area contributed by atoms with Crippen molar-refractivity contribution < 1.29 is 9.90 Å². The minimum Gasteiger partial charge on any atom is -0.478 e. The Balaban J connectivity index is 2.63. The lowest BCUT2D eigenvalue weighted by Crippen LogP contribution is -2.08. The van der Waals surface area contributed by atoms with Gasteiger partial charge in [-0.25, -0.2) is 9.48 Å². The summed E-state index contributed by atoms with van der Waals surface area (Å²) in [5.41, 5.74) is 3.14. The molecule has 1 heterocycles. The van der Waals surface area contributed by atoms with Gasteiger partial charge in [-0.05, 0) is 24.0 Å². The summed E-state index contributed by atoms with van der Waals surface area (Å²) in [7, 11) is 0. The van der Waals surface area contributed by atoms with Gasteiger partial charge in [-0.2, -0.15) is 5.10 Å². The number of carboxylic acids is 1. The van der Waals surface area contributed by atoms with Crippen LogP contribution in [0, 0.1) is 0 Å². The van der Waals surface area contributed by atoms with Crippen LogP contribution in [-0.2, 0) is 6.42 Å². The first kappa shape index (κ1) is 13.3. The number of benzene rings is 1. The standard InChI is InChI=1S/C15H18N2O2/c1-4-13-12(15(18)19)9-16-17(13)14-8-6-5-7-11(14)10(2)3/h5-10H,4H2,1-3H3,(H,18,19). The highest BCUT2D eigenvalue weighted by molar-refractivity contribution is 5.88. The van der Waals surface area contributed by atoms with Crippen molar-refractivity contribution in [2.45, 2.75) is 33.1 Å². The third-order valence-corrected chi connectivity index (χ3v) is 3.22. The molecule has 0 saturated carbocycles. The largest absolute Gasteiger partial charge is 0.478 e. The van der Waals surface area contributed by atoms with Gasteiger partial charge in [0, 0.05) is 0 Å². The fraction of sp³-hybridized carbons (Fsp3) is 0.333. The quantitative estimate of drug-likeness (QED) is 0.915. The maximum Gasteiger partial charge on any atom is 0.339 e. The summed E-state index contributed by atoms with van der Waals surface area (Å²) in [6, 6.07) is 7.98. The van der Waals surface area contributed by atoms with E-state index in [1.54, 1.807) is 4.68 Å². The molecule has 19 heavy (non-hydrogen) atoms. The minimum absolute atomic E-state index is 0.279. The van der Waals surface area contributed by atoms with Crippen LogP contribution in [0.15, 0.2) is 30.5 Å². The van der Waals surface area contributed by atoms with Crippen molar-refractivity contribution in [2.24, 2.45) is 0 Å². The van der Waals surface area contributed by atoms with E-state index in [4.69, 9.17) is 0 Å². The van der Waals surface area contributed by atoms with Crippen LogP contribution in [0.1, 0.15) is 48.3 Å². The van der Waals surface area contributed by atoms with Crippen LogP contribution in [0.25, 0.3) is 5.69 Å². The van der Waals surface area contributed by atoms with Gasteiger partial charge in [-0.15, -0.1) is 0 Å². The average Bonchev–Trinajstić information content (AvgIpc) is 2.82. The molecule has 0 unspecified atom stereocenters. The molecule has 4 nitrogen and oxygen atoms in total. The van der Waals surface area contributed by atoms with Gasteiger partial charge in [0.15, 0.2) is 0 Å². The normalized spacial score (nSPS) is 10.9. The molecule has 0 saturated heterocycles. The Morgan fingerprint density at radius 1 is 1.37 bits per heavy atom. The van der Waals surface area contributed by atoms with E-state index in [-0.39, 0.29) is 5.56 Å². The second-order valence-electron chi connectivity index (χ2n) is 4.79. The van der Waals surface area contributed by atoms with Crippen molar-refractivity contribution in [1.29, 1.82) is 0 Å². The van der Waals surface area contributed by atoms with E-state index >= 15 is 0 Å². The van der Waals surface area contributed by atoms with Gasteiger partial charge in [0.2, 0.25) is 0 Å². The zero-order valence-electron chi connectivity index (χ0n) is 11.4. The number of carboxylic acid groups (broad SMARTS) is 1. The minimum atomic E-state index is -0.926. The van der Waals surface area contributed by atoms with Gasteiger partial charge in [0.05, 0.1) is 17.6 Å². The third-order valence-electron chi connectivity index (χ3n) is 3.22. The van der Waals surface area contributed by atoms with E-state index in [0.717, 1.165) is 16.9 Å². The average molecular weight is 258 g/mol. The predicted octanol–water partition coefficient (Wildman–Crippen LogP) is 3.26. The molecular weight excluding hydrogens is 240 g/mol. The van der Waals surface area contributed by atoms with E-state index in [9.17, 15) is 9.90 Å². The van der Waals surface area contributed by atoms with Crippen LogP contribution in [0.4, 0.5) is 0 Å². The lowest BCUT2D eigenvalue weighted by Gasteiger charge is -2.14. The molecule has 0 fully saturated rings. The zero-order valence-corrected chi connectivity index (χ0v) is 11.4. The summed E-state index contributed by atoms with van der Waals surface area (Å²) >= 11 is 0. The van der Waals surface area contributed by atoms with E-state index < -0.39 is 5.97 Å². The lowest BCUT2D eigenvalue weighted by atomic mass is 10.0. The first-order chi connectivity index (χ1) is 9.06. The maximum absolute atomic E-state index is 11.2. The lowest BCUT2D eigenvalue weighted by molar-refractivity contribution is 0.0695. The molecule has 0 spiro atoms. The highest BCUT2D eigenvalue weighted by Gasteiger charge is 2.18. The highest BCUT2D eigenvalue weighted by atomic mass is 16.4. The Morgan fingerprint density at radius 2 is 2.05 bits per heavy atom. The monoisotopic (exact) mass is 258 g/mol. The van der Waals surface area contributed by atoms with Crippen LogP contribution in [0.5, 0.6) is 0 Å². The first-order valence-electron chi connectivity index (χ1n) is 6.45. The molecule has 0 bridgehead atoms. The fourth-order valence-electron chi connectivity index (χ4n) is 2.27. The van der Waals surface area contributed by atoms with Gasteiger partial charge in [0.25, 0.3) is 0 Å². The van der Waals surface area contributed by atoms with E-state index in [0.29, 0.717) is 12.3 Å². The SMILES string of the molecule is CCc1c(C(=O)O)cnn1-c1ccccc1C(C)C. The summed E-state index contributed by atoms with van der Waals surface area (Å²) in [5.74, 6) is -0.566. The Labute approximate surface area is 112 Å². The van der Waals surface area contributed by atoms with Crippen molar-refractivity contribution >= 4 is 5.97 Å². The topological polar surface area (TPSA) is 55.1 Å². The van der Waals surface area contributed by atoms with Crippen molar-refractivity contribution in [3.8, 4) is 5.69 Å². The molecule has 0 radical (unpaired) electrons. The summed E-state index contributed by atoms with van der Waals surface area (Å²) < 4.78 is 1.75. The molecule has 0 aliphatic rings. The smallest absolute Gasteiger partial charge is 0.339 e. The number of hydrogen-bond acceptors (Lipinski definition) is 2. The van der Waals surface area contributed by atoms with Crippen LogP contribution >= 0.6 is 0 Å². The molecule has 0 aliphatic heterocycles. The molecule has 2 rings (SSSR count). The van der Waals surface area contributed by atoms with Crippen LogP contribution < -0.4 is 0 Å². The summed E-state index contributed by atoms with van der Waals surface area (Å²) in [6.45, 7) is 6.18. The highest BCUT2D eigenvalue weighted by Crippen LogP contribution is 2.24. The Kier molecular flexibility index (Phi) is 3.69. The third kappa shape index (κ3) is 2.38. The molecule has 100 valence electrons. The van der Waals surface area contributed by atoms with Gasteiger partial charge in [0.1, 0.15) is 5.56 Å². The van der Waals surface area contributed by atoms with Gasteiger partial charge in [-0.3, -0.25) is 0 Å². The molecule has 0 atom stereocenters. The number of nitrogens with zero attached hydrogens (tertiary/aromatic N) is 2. The van der Waals surface area contributed by atoms with Crippen LogP contribution in [0.2, 0.25) is 0 Å². The van der Waals surface area contributed by atoms with Crippen molar-refractivity contribution in [2.75, 3.05) is 0 Å².